The van der Waals surface area contributed by atoms with E-state index in [1.54, 1.807) is 7.11 Å². The van der Waals surface area contributed by atoms with Gasteiger partial charge in [-0.05, 0) is 32.1 Å². The summed E-state index contributed by atoms with van der Waals surface area (Å²) in [6.07, 6.45) is 1.15. The Bertz CT molecular complexity index is 338. The predicted octanol–water partition coefficient (Wildman–Crippen LogP) is 1.81. The molecule has 0 saturated heterocycles. The van der Waals surface area contributed by atoms with Gasteiger partial charge in [-0.3, -0.25) is 0 Å². The third-order valence-electron chi connectivity index (χ3n) is 2.98. The molecule has 0 amide bonds. The molecule has 0 bridgehead atoms. The Kier molecular flexibility index (Phi) is 3.11. The molecule has 0 aromatic heterocycles. The average Bonchev–Trinajstić information content (AvgIpc) is 2.69. The molecule has 0 unspecified atom stereocenters. The molecule has 1 aromatic carbocycles. The third kappa shape index (κ3) is 1.92. The fourth-order valence-corrected chi connectivity index (χ4v) is 2.20. The summed E-state index contributed by atoms with van der Waals surface area (Å²) in [4.78, 5) is 0. The smallest absolute Gasteiger partial charge is 0.124 e. The maximum absolute atomic E-state index is 5.41. The predicted molar refractivity (Wildman–Crippen MR) is 62.8 cm³/mol. The van der Waals surface area contributed by atoms with E-state index in [1.807, 2.05) is 19.2 Å². The SMILES string of the molecule is CNCC[C@@H]1CNc2cccc(OC)c21. The standard InChI is InChI=1S/C12H18N2O/c1-13-7-6-9-8-14-10-4-3-5-11(15-2)12(9)10/h3-5,9,13-14H,6-8H2,1-2H3/t9-/m1/s1. The van der Waals surface area contributed by atoms with Crippen LogP contribution in [0.3, 0.4) is 0 Å². The van der Waals surface area contributed by atoms with Crippen molar-refractivity contribution in [2.75, 3.05) is 32.6 Å². The lowest BCUT2D eigenvalue weighted by Gasteiger charge is -2.13. The van der Waals surface area contributed by atoms with Crippen molar-refractivity contribution < 1.29 is 4.74 Å². The molecule has 0 radical (unpaired) electrons. The minimum Gasteiger partial charge on any atom is -0.496 e. The molecule has 1 atom stereocenters. The van der Waals surface area contributed by atoms with E-state index in [-0.39, 0.29) is 0 Å². The van der Waals surface area contributed by atoms with Crippen LogP contribution < -0.4 is 15.4 Å². The number of fused-ring (bicyclic) bond motifs is 1. The van der Waals surface area contributed by atoms with Crippen molar-refractivity contribution in [3.05, 3.63) is 23.8 Å². The number of anilines is 1. The fraction of sp³-hybridized carbons (Fsp3) is 0.500. The Morgan fingerprint density at radius 1 is 1.53 bits per heavy atom. The first-order valence-corrected chi connectivity index (χ1v) is 5.42. The van der Waals surface area contributed by atoms with Crippen molar-refractivity contribution in [2.24, 2.45) is 0 Å². The molecule has 0 spiro atoms. The van der Waals surface area contributed by atoms with E-state index in [9.17, 15) is 0 Å². The number of rotatable bonds is 4. The molecule has 0 aliphatic carbocycles. The number of hydrogen-bond acceptors (Lipinski definition) is 3. The lowest BCUT2D eigenvalue weighted by molar-refractivity contribution is 0.406. The first-order valence-electron chi connectivity index (χ1n) is 5.42. The van der Waals surface area contributed by atoms with Gasteiger partial charge in [0, 0.05) is 23.7 Å². The van der Waals surface area contributed by atoms with Crippen LogP contribution in [0.2, 0.25) is 0 Å². The van der Waals surface area contributed by atoms with E-state index < -0.39 is 0 Å². The zero-order valence-corrected chi connectivity index (χ0v) is 9.34. The molecule has 3 heteroatoms. The minimum atomic E-state index is 0.573. The van der Waals surface area contributed by atoms with Gasteiger partial charge in [-0.1, -0.05) is 6.07 Å². The lowest BCUT2D eigenvalue weighted by atomic mass is 9.97. The summed E-state index contributed by atoms with van der Waals surface area (Å²) in [6, 6.07) is 6.19. The van der Waals surface area contributed by atoms with Crippen molar-refractivity contribution in [2.45, 2.75) is 12.3 Å². The molecule has 0 fully saturated rings. The number of methoxy groups -OCH3 is 1. The van der Waals surface area contributed by atoms with Gasteiger partial charge in [0.05, 0.1) is 7.11 Å². The number of ether oxygens (including phenoxy) is 1. The maximum atomic E-state index is 5.41. The highest BCUT2D eigenvalue weighted by molar-refractivity contribution is 5.63. The molecular formula is C12H18N2O. The molecule has 2 N–H and O–H groups in total. The van der Waals surface area contributed by atoms with Gasteiger partial charge >= 0.3 is 0 Å². The zero-order chi connectivity index (χ0) is 10.7. The Morgan fingerprint density at radius 2 is 2.40 bits per heavy atom. The van der Waals surface area contributed by atoms with Crippen LogP contribution in [0.15, 0.2) is 18.2 Å². The maximum Gasteiger partial charge on any atom is 0.124 e. The Morgan fingerprint density at radius 3 is 3.13 bits per heavy atom. The second-order valence-electron chi connectivity index (χ2n) is 3.89. The minimum absolute atomic E-state index is 0.573. The number of nitrogens with one attached hydrogen (secondary N) is 2. The van der Waals surface area contributed by atoms with Crippen LogP contribution in [0, 0.1) is 0 Å². The topological polar surface area (TPSA) is 33.3 Å². The molecule has 0 saturated carbocycles. The molecule has 82 valence electrons. The summed E-state index contributed by atoms with van der Waals surface area (Å²) in [7, 11) is 3.73. The Hall–Kier alpha value is -1.22. The van der Waals surface area contributed by atoms with Crippen molar-refractivity contribution in [3.8, 4) is 5.75 Å². The summed E-state index contributed by atoms with van der Waals surface area (Å²) in [5, 5.41) is 6.62. The largest absolute Gasteiger partial charge is 0.496 e. The van der Waals surface area contributed by atoms with Gasteiger partial charge in [-0.25, -0.2) is 0 Å². The molecular weight excluding hydrogens is 188 g/mol. The lowest BCUT2D eigenvalue weighted by Crippen LogP contribution is -2.13. The highest BCUT2D eigenvalue weighted by Crippen LogP contribution is 2.39. The summed E-state index contributed by atoms with van der Waals surface area (Å²) in [6.45, 7) is 2.07. The molecule has 1 aliphatic rings. The molecule has 3 nitrogen and oxygen atoms in total. The number of hydrogen-bond donors (Lipinski definition) is 2. The highest BCUT2D eigenvalue weighted by Gasteiger charge is 2.24. The van der Waals surface area contributed by atoms with Gasteiger partial charge in [-0.15, -0.1) is 0 Å². The van der Waals surface area contributed by atoms with E-state index in [0.29, 0.717) is 5.92 Å². The van der Waals surface area contributed by atoms with Gasteiger partial charge in [0.15, 0.2) is 0 Å². The second kappa shape index (κ2) is 4.53. The van der Waals surface area contributed by atoms with Crippen LogP contribution >= 0.6 is 0 Å². The molecule has 2 rings (SSSR count). The van der Waals surface area contributed by atoms with E-state index in [4.69, 9.17) is 4.74 Å². The fourth-order valence-electron chi connectivity index (χ4n) is 2.20. The van der Waals surface area contributed by atoms with Gasteiger partial charge < -0.3 is 15.4 Å². The van der Waals surface area contributed by atoms with Crippen LogP contribution in [0.25, 0.3) is 0 Å². The highest BCUT2D eigenvalue weighted by atomic mass is 16.5. The summed E-state index contributed by atoms with van der Waals surface area (Å²) in [5.41, 5.74) is 2.57. The number of benzene rings is 1. The van der Waals surface area contributed by atoms with Crippen LogP contribution in [-0.4, -0.2) is 27.2 Å². The zero-order valence-electron chi connectivity index (χ0n) is 9.34. The Labute approximate surface area is 90.8 Å². The van der Waals surface area contributed by atoms with Crippen LogP contribution in [-0.2, 0) is 0 Å². The Balaban J connectivity index is 2.23. The van der Waals surface area contributed by atoms with E-state index in [2.05, 4.69) is 16.7 Å². The van der Waals surface area contributed by atoms with E-state index in [0.717, 1.165) is 25.3 Å². The van der Waals surface area contributed by atoms with Crippen LogP contribution in [0.5, 0.6) is 5.75 Å². The molecule has 1 aromatic rings. The summed E-state index contributed by atoms with van der Waals surface area (Å²) in [5.74, 6) is 1.59. The van der Waals surface area contributed by atoms with E-state index in [1.165, 1.54) is 11.3 Å². The first-order chi connectivity index (χ1) is 7.36. The van der Waals surface area contributed by atoms with Gasteiger partial charge in [0.25, 0.3) is 0 Å². The second-order valence-corrected chi connectivity index (χ2v) is 3.89. The van der Waals surface area contributed by atoms with Crippen molar-refractivity contribution in [3.63, 3.8) is 0 Å². The molecule has 15 heavy (non-hydrogen) atoms. The van der Waals surface area contributed by atoms with Crippen LogP contribution in [0.4, 0.5) is 5.69 Å². The average molecular weight is 206 g/mol. The van der Waals surface area contributed by atoms with Gasteiger partial charge in [-0.2, -0.15) is 0 Å². The van der Waals surface area contributed by atoms with Crippen molar-refractivity contribution >= 4 is 5.69 Å². The van der Waals surface area contributed by atoms with E-state index >= 15 is 0 Å². The van der Waals surface area contributed by atoms with Crippen molar-refractivity contribution in [1.82, 2.24) is 5.32 Å². The molecule has 1 heterocycles. The summed E-state index contributed by atoms with van der Waals surface area (Å²) < 4.78 is 5.41. The quantitative estimate of drug-likeness (QED) is 0.788. The van der Waals surface area contributed by atoms with Crippen molar-refractivity contribution in [1.29, 1.82) is 0 Å². The van der Waals surface area contributed by atoms with Crippen LogP contribution in [0.1, 0.15) is 17.9 Å². The first kappa shape index (κ1) is 10.3. The van der Waals surface area contributed by atoms with Gasteiger partial charge in [0.2, 0.25) is 0 Å². The normalized spacial score (nSPS) is 18.4. The van der Waals surface area contributed by atoms with Gasteiger partial charge in [0.1, 0.15) is 5.75 Å². The third-order valence-corrected chi connectivity index (χ3v) is 2.98. The summed E-state index contributed by atoms with van der Waals surface area (Å²) >= 11 is 0. The molecule has 1 aliphatic heterocycles. The monoisotopic (exact) mass is 206 g/mol.